The zero-order valence-corrected chi connectivity index (χ0v) is 15.3. The van der Waals surface area contributed by atoms with Gasteiger partial charge in [0.1, 0.15) is 11.9 Å². The van der Waals surface area contributed by atoms with E-state index in [1.807, 2.05) is 38.5 Å². The molecule has 6 heteroatoms. The van der Waals surface area contributed by atoms with E-state index in [4.69, 9.17) is 0 Å². The minimum Gasteiger partial charge on any atom is -0.350 e. The van der Waals surface area contributed by atoms with Crippen LogP contribution in [0.4, 0.5) is 0 Å². The number of piperidine rings is 1. The molecule has 1 saturated heterocycles. The van der Waals surface area contributed by atoms with Gasteiger partial charge in [-0.25, -0.2) is 4.98 Å². The Morgan fingerprint density at radius 1 is 1.33 bits per heavy atom. The van der Waals surface area contributed by atoms with Gasteiger partial charge in [-0.15, -0.1) is 0 Å². The standard InChI is InChI=1S/C18H30N4O2/c1-14-19-10-13-21(14)11-7-9-16(23)22-12-6-5-8-15(22)17(24)20-18(2,3)4/h10,13,15H,5-9,11-12H2,1-4H3,(H,20,24)/t15-/m1/s1. The largest absolute Gasteiger partial charge is 0.350 e. The maximum absolute atomic E-state index is 12.6. The highest BCUT2D eigenvalue weighted by molar-refractivity contribution is 5.88. The number of nitrogens with zero attached hydrogens (tertiary/aromatic N) is 3. The number of rotatable bonds is 5. The molecule has 1 N–H and O–H groups in total. The second kappa shape index (κ2) is 7.81. The Hall–Kier alpha value is -1.85. The van der Waals surface area contributed by atoms with Crippen molar-refractivity contribution in [2.45, 2.75) is 77.9 Å². The number of nitrogens with one attached hydrogen (secondary N) is 1. The van der Waals surface area contributed by atoms with E-state index in [-0.39, 0.29) is 23.4 Å². The van der Waals surface area contributed by atoms with Crippen LogP contribution in [-0.2, 0) is 16.1 Å². The minimum absolute atomic E-state index is 0.0268. The third-order valence-electron chi connectivity index (χ3n) is 4.34. The number of amides is 2. The molecule has 2 rings (SSSR count). The van der Waals surface area contributed by atoms with Gasteiger partial charge in [0, 0.05) is 37.4 Å². The Kier molecular flexibility index (Phi) is 6.02. The number of aryl methyl sites for hydroxylation is 2. The van der Waals surface area contributed by atoms with Gasteiger partial charge < -0.3 is 14.8 Å². The predicted octanol–water partition coefficient (Wildman–Crippen LogP) is 2.27. The summed E-state index contributed by atoms with van der Waals surface area (Å²) in [5.41, 5.74) is -0.276. The molecule has 2 heterocycles. The van der Waals surface area contributed by atoms with E-state index in [1.54, 1.807) is 11.1 Å². The van der Waals surface area contributed by atoms with Crippen molar-refractivity contribution in [3.63, 3.8) is 0 Å². The monoisotopic (exact) mass is 334 g/mol. The maximum atomic E-state index is 12.6. The van der Waals surface area contributed by atoms with Crippen LogP contribution >= 0.6 is 0 Å². The number of likely N-dealkylation sites (tertiary alicyclic amines) is 1. The van der Waals surface area contributed by atoms with Gasteiger partial charge in [-0.1, -0.05) is 0 Å². The van der Waals surface area contributed by atoms with E-state index in [0.29, 0.717) is 13.0 Å². The van der Waals surface area contributed by atoms with Crippen molar-refractivity contribution >= 4 is 11.8 Å². The summed E-state index contributed by atoms with van der Waals surface area (Å²) >= 11 is 0. The van der Waals surface area contributed by atoms with Crippen molar-refractivity contribution in [3.05, 3.63) is 18.2 Å². The van der Waals surface area contributed by atoms with Crippen molar-refractivity contribution in [3.8, 4) is 0 Å². The molecular weight excluding hydrogens is 304 g/mol. The zero-order chi connectivity index (χ0) is 17.7. The van der Waals surface area contributed by atoms with Crippen LogP contribution in [0.2, 0.25) is 0 Å². The highest BCUT2D eigenvalue weighted by atomic mass is 16.2. The van der Waals surface area contributed by atoms with E-state index in [1.165, 1.54) is 0 Å². The Balaban J connectivity index is 1.90. The van der Waals surface area contributed by atoms with Gasteiger partial charge in [-0.2, -0.15) is 0 Å². The summed E-state index contributed by atoms with van der Waals surface area (Å²) in [6.45, 7) is 9.32. The molecule has 0 bridgehead atoms. The molecule has 24 heavy (non-hydrogen) atoms. The number of carbonyl (C=O) groups is 2. The molecule has 1 fully saturated rings. The minimum atomic E-state index is -0.319. The maximum Gasteiger partial charge on any atom is 0.243 e. The zero-order valence-electron chi connectivity index (χ0n) is 15.3. The molecule has 0 saturated carbocycles. The summed E-state index contributed by atoms with van der Waals surface area (Å²) < 4.78 is 2.05. The molecule has 0 spiro atoms. The van der Waals surface area contributed by atoms with Gasteiger partial charge in [0.25, 0.3) is 0 Å². The van der Waals surface area contributed by atoms with Crippen LogP contribution in [0.15, 0.2) is 12.4 Å². The Morgan fingerprint density at radius 3 is 2.71 bits per heavy atom. The summed E-state index contributed by atoms with van der Waals surface area (Å²) in [7, 11) is 0. The van der Waals surface area contributed by atoms with Crippen molar-refractivity contribution in [1.82, 2.24) is 19.8 Å². The summed E-state index contributed by atoms with van der Waals surface area (Å²) in [6, 6.07) is -0.319. The average molecular weight is 334 g/mol. The highest BCUT2D eigenvalue weighted by Gasteiger charge is 2.33. The fourth-order valence-electron chi connectivity index (χ4n) is 3.14. The van der Waals surface area contributed by atoms with Gasteiger partial charge in [0.2, 0.25) is 11.8 Å². The molecule has 134 valence electrons. The Bertz CT molecular complexity index is 574. The number of aromatic nitrogens is 2. The first-order chi connectivity index (χ1) is 11.3. The van der Waals surface area contributed by atoms with E-state index in [2.05, 4.69) is 10.3 Å². The smallest absolute Gasteiger partial charge is 0.243 e. The summed E-state index contributed by atoms with van der Waals surface area (Å²) in [5, 5.41) is 3.01. The van der Waals surface area contributed by atoms with Crippen LogP contribution < -0.4 is 5.32 Å². The third-order valence-corrected chi connectivity index (χ3v) is 4.34. The Morgan fingerprint density at radius 2 is 2.08 bits per heavy atom. The molecule has 1 aromatic rings. The molecule has 6 nitrogen and oxygen atoms in total. The van der Waals surface area contributed by atoms with Crippen LogP contribution in [0.5, 0.6) is 0 Å². The highest BCUT2D eigenvalue weighted by Crippen LogP contribution is 2.19. The van der Waals surface area contributed by atoms with E-state index in [0.717, 1.165) is 38.1 Å². The third kappa shape index (κ3) is 5.08. The lowest BCUT2D eigenvalue weighted by atomic mass is 9.99. The normalized spacial score (nSPS) is 18.5. The molecule has 0 radical (unpaired) electrons. The number of hydrogen-bond donors (Lipinski definition) is 1. The van der Waals surface area contributed by atoms with Gasteiger partial charge in [-0.05, 0) is 53.4 Å². The first-order valence-electron chi connectivity index (χ1n) is 8.87. The number of hydrogen-bond acceptors (Lipinski definition) is 3. The lowest BCUT2D eigenvalue weighted by molar-refractivity contribution is -0.143. The summed E-state index contributed by atoms with van der Waals surface area (Å²) in [4.78, 5) is 31.1. The molecular formula is C18H30N4O2. The average Bonchev–Trinajstić information content (AvgIpc) is 2.91. The van der Waals surface area contributed by atoms with E-state index < -0.39 is 0 Å². The van der Waals surface area contributed by atoms with Crippen LogP contribution in [0.25, 0.3) is 0 Å². The topological polar surface area (TPSA) is 67.2 Å². The van der Waals surface area contributed by atoms with Crippen LogP contribution in [-0.4, -0.2) is 44.4 Å². The molecule has 0 aliphatic carbocycles. The number of carbonyl (C=O) groups excluding carboxylic acids is 2. The molecule has 2 amide bonds. The molecule has 1 aromatic heterocycles. The lowest BCUT2D eigenvalue weighted by Gasteiger charge is -2.36. The van der Waals surface area contributed by atoms with Gasteiger partial charge in [-0.3, -0.25) is 9.59 Å². The van der Waals surface area contributed by atoms with Crippen molar-refractivity contribution < 1.29 is 9.59 Å². The number of imidazole rings is 1. The fraction of sp³-hybridized carbons (Fsp3) is 0.722. The second-order valence-electron chi connectivity index (χ2n) is 7.61. The quantitative estimate of drug-likeness (QED) is 0.898. The van der Waals surface area contributed by atoms with Gasteiger partial charge in [0.05, 0.1) is 0 Å². The first kappa shape index (κ1) is 18.5. The summed E-state index contributed by atoms with van der Waals surface area (Å²) in [5.74, 6) is 1.02. The Labute approximate surface area is 144 Å². The fourth-order valence-corrected chi connectivity index (χ4v) is 3.14. The molecule has 1 aliphatic heterocycles. The van der Waals surface area contributed by atoms with Crippen LogP contribution in [0, 0.1) is 6.92 Å². The molecule has 1 aliphatic rings. The molecule has 0 unspecified atom stereocenters. The van der Waals surface area contributed by atoms with Crippen molar-refractivity contribution in [2.24, 2.45) is 0 Å². The SMILES string of the molecule is Cc1nccn1CCCC(=O)N1CCCC[C@@H]1C(=O)NC(C)(C)C. The van der Waals surface area contributed by atoms with E-state index in [9.17, 15) is 9.59 Å². The van der Waals surface area contributed by atoms with Crippen LogP contribution in [0.1, 0.15) is 58.7 Å². The molecule has 1 atom stereocenters. The van der Waals surface area contributed by atoms with Gasteiger partial charge >= 0.3 is 0 Å². The van der Waals surface area contributed by atoms with E-state index >= 15 is 0 Å². The van der Waals surface area contributed by atoms with Crippen molar-refractivity contribution in [1.29, 1.82) is 0 Å². The summed E-state index contributed by atoms with van der Waals surface area (Å²) in [6.07, 6.45) is 7.67. The van der Waals surface area contributed by atoms with Crippen LogP contribution in [0.3, 0.4) is 0 Å². The molecule has 0 aromatic carbocycles. The van der Waals surface area contributed by atoms with Crippen molar-refractivity contribution in [2.75, 3.05) is 6.54 Å². The first-order valence-corrected chi connectivity index (χ1v) is 8.87. The second-order valence-corrected chi connectivity index (χ2v) is 7.61. The predicted molar refractivity (Wildman–Crippen MR) is 93.4 cm³/mol. The van der Waals surface area contributed by atoms with Gasteiger partial charge in [0.15, 0.2) is 0 Å². The lowest BCUT2D eigenvalue weighted by Crippen LogP contribution is -2.55.